The first-order chi connectivity index (χ1) is 7.47. The normalized spacial score (nSPS) is 13.8. The molecule has 0 aromatic rings. The second-order valence-electron chi connectivity index (χ2n) is 4.80. The predicted molar refractivity (Wildman–Crippen MR) is 67.6 cm³/mol. The molecule has 1 unspecified atom stereocenters. The van der Waals surface area contributed by atoms with Crippen molar-refractivity contribution in [2.45, 2.75) is 53.5 Å². The Bertz CT molecular complexity index is 200. The Morgan fingerprint density at radius 3 is 1.94 bits per heavy atom. The van der Waals surface area contributed by atoms with Crippen molar-refractivity contribution in [3.8, 4) is 0 Å². The smallest absolute Gasteiger partial charge is 0.321 e. The van der Waals surface area contributed by atoms with Crippen LogP contribution in [0.3, 0.4) is 0 Å². The Hall–Kier alpha value is -0.570. The molecule has 0 saturated carbocycles. The lowest BCUT2D eigenvalue weighted by atomic mass is 9.98. The molecule has 0 spiro atoms. The fraction of sp³-hybridized carbons (Fsp3) is 0.923. The molecule has 0 aliphatic rings. The molecule has 16 heavy (non-hydrogen) atoms. The molecule has 96 valence electrons. The second kappa shape index (κ2) is 7.66. The lowest BCUT2D eigenvalue weighted by Gasteiger charge is -2.32. The summed E-state index contributed by atoms with van der Waals surface area (Å²) in [6, 6.07) is -0.342. The van der Waals surface area contributed by atoms with Gasteiger partial charge in [0.15, 0.2) is 0 Å². The number of nitrogens with zero attached hydrogens (tertiary/aromatic N) is 1. The van der Waals surface area contributed by atoms with Gasteiger partial charge in [0.05, 0.1) is 0 Å². The van der Waals surface area contributed by atoms with Gasteiger partial charge in [-0.1, -0.05) is 47.5 Å². The van der Waals surface area contributed by atoms with Crippen LogP contribution in [0.4, 0.5) is 0 Å². The molecule has 0 aliphatic heterocycles. The monoisotopic (exact) mass is 229 g/mol. The van der Waals surface area contributed by atoms with E-state index in [2.05, 4.69) is 18.7 Å². The van der Waals surface area contributed by atoms with E-state index < -0.39 is 5.97 Å². The predicted octanol–water partition coefficient (Wildman–Crippen LogP) is 2.85. The number of hydrogen-bond donors (Lipinski definition) is 1. The molecule has 0 radical (unpaired) electrons. The van der Waals surface area contributed by atoms with Crippen molar-refractivity contribution < 1.29 is 9.90 Å². The van der Waals surface area contributed by atoms with E-state index in [0.717, 1.165) is 25.9 Å². The van der Waals surface area contributed by atoms with Gasteiger partial charge in [-0.15, -0.1) is 0 Å². The molecular formula is C13H27NO2. The van der Waals surface area contributed by atoms with Crippen LogP contribution in [0.5, 0.6) is 0 Å². The van der Waals surface area contributed by atoms with E-state index in [9.17, 15) is 9.90 Å². The molecular weight excluding hydrogens is 202 g/mol. The molecule has 0 bridgehead atoms. The van der Waals surface area contributed by atoms with Crippen molar-refractivity contribution in [1.29, 1.82) is 0 Å². The highest BCUT2D eigenvalue weighted by molar-refractivity contribution is 5.73. The maximum absolute atomic E-state index is 11.3. The third-order valence-corrected chi connectivity index (χ3v) is 3.33. The topological polar surface area (TPSA) is 40.5 Å². The number of rotatable bonds is 8. The first-order valence-corrected chi connectivity index (χ1v) is 6.44. The summed E-state index contributed by atoms with van der Waals surface area (Å²) in [5.74, 6) is 0.0789. The Morgan fingerprint density at radius 2 is 1.69 bits per heavy atom. The lowest BCUT2D eigenvalue weighted by molar-refractivity contribution is -0.145. The van der Waals surface area contributed by atoms with Gasteiger partial charge in [-0.05, 0) is 18.4 Å². The van der Waals surface area contributed by atoms with Crippen LogP contribution in [-0.4, -0.2) is 35.1 Å². The van der Waals surface area contributed by atoms with Crippen LogP contribution in [0.2, 0.25) is 0 Å². The molecule has 3 heteroatoms. The first-order valence-electron chi connectivity index (χ1n) is 6.44. The fourth-order valence-electron chi connectivity index (χ4n) is 2.18. The number of aliphatic carboxylic acids is 1. The third kappa shape index (κ3) is 4.52. The average Bonchev–Trinajstić information content (AvgIpc) is 2.22. The summed E-state index contributed by atoms with van der Waals surface area (Å²) in [4.78, 5) is 13.4. The quantitative estimate of drug-likeness (QED) is 0.695. The number of carbonyl (C=O) groups is 1. The van der Waals surface area contributed by atoms with E-state index in [-0.39, 0.29) is 12.0 Å². The van der Waals surface area contributed by atoms with Gasteiger partial charge in [0.2, 0.25) is 0 Å². The maximum Gasteiger partial charge on any atom is 0.321 e. The SMILES string of the molecule is CCC(CC)CN(CC)C(C(=O)O)C(C)C. The molecule has 0 fully saturated rings. The van der Waals surface area contributed by atoms with Gasteiger partial charge in [0.25, 0.3) is 0 Å². The van der Waals surface area contributed by atoms with E-state index >= 15 is 0 Å². The van der Waals surface area contributed by atoms with Crippen LogP contribution in [0, 0.1) is 11.8 Å². The molecule has 0 heterocycles. The third-order valence-electron chi connectivity index (χ3n) is 3.33. The van der Waals surface area contributed by atoms with Crippen molar-refractivity contribution in [2.24, 2.45) is 11.8 Å². The van der Waals surface area contributed by atoms with Crippen molar-refractivity contribution in [3.63, 3.8) is 0 Å². The largest absolute Gasteiger partial charge is 0.480 e. The van der Waals surface area contributed by atoms with E-state index in [1.54, 1.807) is 0 Å². The van der Waals surface area contributed by atoms with Gasteiger partial charge in [-0.2, -0.15) is 0 Å². The highest BCUT2D eigenvalue weighted by Crippen LogP contribution is 2.16. The lowest BCUT2D eigenvalue weighted by Crippen LogP contribution is -2.46. The summed E-state index contributed by atoms with van der Waals surface area (Å²) in [6.07, 6.45) is 2.24. The summed E-state index contributed by atoms with van der Waals surface area (Å²) in [5.41, 5.74) is 0. The summed E-state index contributed by atoms with van der Waals surface area (Å²) in [7, 11) is 0. The number of likely N-dealkylation sites (N-methyl/N-ethyl adjacent to an activating group) is 1. The van der Waals surface area contributed by atoms with Gasteiger partial charge in [-0.25, -0.2) is 0 Å². The number of carboxylic acids is 1. The average molecular weight is 229 g/mol. The van der Waals surface area contributed by atoms with Crippen LogP contribution in [-0.2, 0) is 4.79 Å². The minimum absolute atomic E-state index is 0.159. The van der Waals surface area contributed by atoms with E-state index in [4.69, 9.17) is 0 Å². The molecule has 0 aromatic carbocycles. The van der Waals surface area contributed by atoms with Crippen molar-refractivity contribution in [3.05, 3.63) is 0 Å². The molecule has 0 aromatic heterocycles. The number of hydrogen-bond acceptors (Lipinski definition) is 2. The maximum atomic E-state index is 11.3. The minimum atomic E-state index is -0.692. The standard InChI is InChI=1S/C13H27NO2/c1-6-11(7-2)9-14(8-3)12(10(4)5)13(15)16/h10-12H,6-9H2,1-5H3,(H,15,16). The van der Waals surface area contributed by atoms with Crippen LogP contribution in [0.1, 0.15) is 47.5 Å². The minimum Gasteiger partial charge on any atom is -0.480 e. The summed E-state index contributed by atoms with van der Waals surface area (Å²) >= 11 is 0. The zero-order valence-electron chi connectivity index (χ0n) is 11.4. The zero-order valence-corrected chi connectivity index (χ0v) is 11.4. The molecule has 1 N–H and O–H groups in total. The summed E-state index contributed by atoms with van der Waals surface area (Å²) < 4.78 is 0. The first kappa shape index (κ1) is 15.4. The molecule has 0 rings (SSSR count). The Labute approximate surface area is 99.8 Å². The Kier molecular flexibility index (Phi) is 7.39. The van der Waals surface area contributed by atoms with Crippen LogP contribution in [0.25, 0.3) is 0 Å². The number of carboxylic acid groups (broad SMARTS) is 1. The Morgan fingerprint density at radius 1 is 1.19 bits per heavy atom. The van der Waals surface area contributed by atoms with Gasteiger partial charge < -0.3 is 5.11 Å². The second-order valence-corrected chi connectivity index (χ2v) is 4.80. The van der Waals surface area contributed by atoms with Crippen molar-refractivity contribution in [2.75, 3.05) is 13.1 Å². The van der Waals surface area contributed by atoms with E-state index in [1.807, 2.05) is 20.8 Å². The zero-order chi connectivity index (χ0) is 12.7. The van der Waals surface area contributed by atoms with E-state index in [1.165, 1.54) is 0 Å². The fourth-order valence-corrected chi connectivity index (χ4v) is 2.18. The summed E-state index contributed by atoms with van der Waals surface area (Å²) in [5, 5.41) is 9.26. The van der Waals surface area contributed by atoms with Gasteiger partial charge in [-0.3, -0.25) is 9.69 Å². The summed E-state index contributed by atoms with van der Waals surface area (Å²) in [6.45, 7) is 12.1. The van der Waals surface area contributed by atoms with Gasteiger partial charge in [0.1, 0.15) is 6.04 Å². The van der Waals surface area contributed by atoms with Crippen molar-refractivity contribution >= 4 is 5.97 Å². The Balaban J connectivity index is 4.60. The molecule has 3 nitrogen and oxygen atoms in total. The van der Waals surface area contributed by atoms with Crippen LogP contribution >= 0.6 is 0 Å². The molecule has 0 saturated heterocycles. The van der Waals surface area contributed by atoms with Gasteiger partial charge in [0, 0.05) is 6.54 Å². The van der Waals surface area contributed by atoms with E-state index in [0.29, 0.717) is 5.92 Å². The van der Waals surface area contributed by atoms with Gasteiger partial charge >= 0.3 is 5.97 Å². The molecule has 1 atom stereocenters. The highest BCUT2D eigenvalue weighted by Gasteiger charge is 2.28. The van der Waals surface area contributed by atoms with Crippen LogP contribution < -0.4 is 0 Å². The van der Waals surface area contributed by atoms with Crippen molar-refractivity contribution in [1.82, 2.24) is 4.90 Å². The molecule has 0 amide bonds. The highest BCUT2D eigenvalue weighted by atomic mass is 16.4. The molecule has 0 aliphatic carbocycles. The van der Waals surface area contributed by atoms with Crippen LogP contribution in [0.15, 0.2) is 0 Å².